The molecule has 0 atom stereocenters. The topological polar surface area (TPSA) is 53.4 Å². The van der Waals surface area contributed by atoms with Gasteiger partial charge in [0.2, 0.25) is 0 Å². The van der Waals surface area contributed by atoms with Gasteiger partial charge in [-0.1, -0.05) is 30.8 Å². The Labute approximate surface area is 165 Å². The predicted molar refractivity (Wildman–Crippen MR) is 111 cm³/mol. The van der Waals surface area contributed by atoms with Gasteiger partial charge in [0.25, 0.3) is 0 Å². The van der Waals surface area contributed by atoms with Crippen molar-refractivity contribution < 1.29 is 14.3 Å². The van der Waals surface area contributed by atoms with Crippen LogP contribution in [0.2, 0.25) is 18.6 Å². The van der Waals surface area contributed by atoms with Crippen LogP contribution in [0, 0.1) is 5.82 Å². The monoisotopic (exact) mass is 393 g/mol. The van der Waals surface area contributed by atoms with Crippen molar-refractivity contribution in [1.29, 1.82) is 0 Å². The van der Waals surface area contributed by atoms with Crippen LogP contribution in [-0.2, 0) is 6.54 Å². The zero-order chi connectivity index (χ0) is 19.7. The maximum atomic E-state index is 13.5. The summed E-state index contributed by atoms with van der Waals surface area (Å²) in [6.07, 6.45) is 0. The molecule has 0 amide bonds. The van der Waals surface area contributed by atoms with E-state index in [9.17, 15) is 14.3 Å². The summed E-state index contributed by atoms with van der Waals surface area (Å²) in [6, 6.07) is 16.4. The van der Waals surface area contributed by atoms with Crippen LogP contribution in [0.5, 0.6) is 0 Å². The third-order valence-electron chi connectivity index (χ3n) is 5.37. The highest BCUT2D eigenvalue weighted by Gasteiger charge is 2.17. The molecule has 0 aliphatic carbocycles. The number of nitrogens with zero attached hydrogens (tertiary/aromatic N) is 2. The molecule has 1 aromatic heterocycles. The number of aromatic nitrogens is 1. The van der Waals surface area contributed by atoms with Crippen LogP contribution in [0.25, 0.3) is 22.2 Å². The molecule has 0 saturated carbocycles. The van der Waals surface area contributed by atoms with Crippen molar-refractivity contribution in [2.45, 2.75) is 25.2 Å². The van der Waals surface area contributed by atoms with Gasteiger partial charge in [0, 0.05) is 26.3 Å². The van der Waals surface area contributed by atoms with Gasteiger partial charge in [-0.2, -0.15) is 0 Å². The molecule has 2 heterocycles. The number of carbonyl (C=O) groups is 1. The molecule has 1 aliphatic rings. The summed E-state index contributed by atoms with van der Waals surface area (Å²) in [4.78, 5) is 18.7. The molecule has 1 aliphatic heterocycles. The van der Waals surface area contributed by atoms with E-state index < -0.39 is 11.8 Å². The molecule has 4 rings (SSSR count). The van der Waals surface area contributed by atoms with E-state index in [0.717, 1.165) is 12.1 Å². The summed E-state index contributed by atoms with van der Waals surface area (Å²) in [5.74, 6) is -1.55. The summed E-state index contributed by atoms with van der Waals surface area (Å²) >= 11 is 0. The number of hydrogen-bond donors (Lipinski definition) is 1. The fourth-order valence-corrected chi connectivity index (χ4v) is 5.30. The minimum Gasteiger partial charge on any atom is -0.478 e. The second-order valence-corrected chi connectivity index (χ2v) is 10.4. The Morgan fingerprint density at radius 2 is 1.86 bits per heavy atom. The van der Waals surface area contributed by atoms with Crippen LogP contribution >= 0.6 is 0 Å². The zero-order valence-corrected chi connectivity index (χ0v) is 16.8. The molecule has 143 valence electrons. The minimum absolute atomic E-state index is 0.0640. The number of pyridine rings is 1. The first-order valence-corrected chi connectivity index (χ1v) is 11.9. The second-order valence-electron chi connectivity index (χ2n) is 7.45. The van der Waals surface area contributed by atoms with Gasteiger partial charge in [-0.25, -0.2) is 14.2 Å². The number of carboxylic acid groups (broad SMARTS) is 1. The fourth-order valence-electron chi connectivity index (χ4n) is 3.65. The average molecular weight is 394 g/mol. The molecule has 1 N–H and O–H groups in total. The van der Waals surface area contributed by atoms with E-state index in [1.54, 1.807) is 0 Å². The van der Waals surface area contributed by atoms with Crippen LogP contribution in [0.3, 0.4) is 0 Å². The lowest BCUT2D eigenvalue weighted by molar-refractivity contribution is 0.0699. The quantitative estimate of drug-likeness (QED) is 0.654. The molecule has 28 heavy (non-hydrogen) atoms. The molecule has 0 bridgehead atoms. The van der Waals surface area contributed by atoms with Crippen molar-refractivity contribution in [2.75, 3.05) is 13.1 Å². The molecular weight excluding hydrogens is 371 g/mol. The number of aromatic carboxylic acids is 1. The smallest absolute Gasteiger partial charge is 0.336 e. The Bertz CT molecular complexity index is 1010. The van der Waals surface area contributed by atoms with E-state index in [4.69, 9.17) is 0 Å². The number of carboxylic acids is 1. The molecule has 2 aromatic carbocycles. The number of halogens is 1. The van der Waals surface area contributed by atoms with Crippen LogP contribution in [0.15, 0.2) is 48.5 Å². The Morgan fingerprint density at radius 3 is 2.54 bits per heavy atom. The average Bonchev–Trinajstić information content (AvgIpc) is 2.69. The van der Waals surface area contributed by atoms with Gasteiger partial charge in [0.05, 0.1) is 16.8 Å². The molecule has 3 aromatic rings. The first-order valence-electron chi connectivity index (χ1n) is 9.46. The maximum absolute atomic E-state index is 13.5. The van der Waals surface area contributed by atoms with Crippen molar-refractivity contribution in [3.05, 3.63) is 65.5 Å². The van der Waals surface area contributed by atoms with Crippen LogP contribution in [0.1, 0.15) is 15.9 Å². The Hall–Kier alpha value is -2.57. The summed E-state index contributed by atoms with van der Waals surface area (Å²) < 4.78 is 13.5. The van der Waals surface area contributed by atoms with E-state index in [0.29, 0.717) is 16.6 Å². The predicted octanol–water partition coefficient (Wildman–Crippen LogP) is 4.68. The SMILES string of the molecule is C[Si]1CCN(Cc2ccc(-c3cc(C(=O)O)c4cc(F)ccc4n3)cc2)CC1. The second kappa shape index (κ2) is 7.81. The first-order chi connectivity index (χ1) is 13.5. The Kier molecular flexibility index (Phi) is 5.24. The summed E-state index contributed by atoms with van der Waals surface area (Å²) in [5, 5.41) is 9.85. The fraction of sp³-hybridized carbons (Fsp3) is 0.273. The lowest BCUT2D eigenvalue weighted by Crippen LogP contribution is -2.35. The molecule has 1 saturated heterocycles. The first kappa shape index (κ1) is 18.8. The van der Waals surface area contributed by atoms with Crippen LogP contribution in [0.4, 0.5) is 4.39 Å². The highest BCUT2D eigenvalue weighted by molar-refractivity contribution is 6.57. The van der Waals surface area contributed by atoms with Gasteiger partial charge >= 0.3 is 5.97 Å². The summed E-state index contributed by atoms with van der Waals surface area (Å²) in [5.41, 5.74) is 3.23. The summed E-state index contributed by atoms with van der Waals surface area (Å²) in [7, 11) is -0.112. The normalized spacial score (nSPS) is 15.8. The third-order valence-corrected chi connectivity index (χ3v) is 7.52. The minimum atomic E-state index is -1.09. The molecular formula is C22H22FN2O2Si. The van der Waals surface area contributed by atoms with Crippen molar-refractivity contribution in [3.63, 3.8) is 0 Å². The maximum Gasteiger partial charge on any atom is 0.336 e. The Balaban J connectivity index is 1.61. The molecule has 0 unspecified atom stereocenters. The highest BCUT2D eigenvalue weighted by atomic mass is 28.3. The van der Waals surface area contributed by atoms with Gasteiger partial charge in [0.1, 0.15) is 5.82 Å². The van der Waals surface area contributed by atoms with E-state index >= 15 is 0 Å². The lowest BCUT2D eigenvalue weighted by Gasteiger charge is -2.29. The van der Waals surface area contributed by atoms with Gasteiger partial charge in [0.15, 0.2) is 0 Å². The van der Waals surface area contributed by atoms with Crippen molar-refractivity contribution in [1.82, 2.24) is 9.88 Å². The van der Waals surface area contributed by atoms with E-state index in [-0.39, 0.29) is 14.4 Å². The lowest BCUT2D eigenvalue weighted by atomic mass is 10.0. The molecule has 0 spiro atoms. The standard InChI is InChI=1S/C22H22FN2O2Si/c1-28-10-8-25(9-11-28)14-15-2-4-16(5-3-15)21-13-19(22(26)27)18-12-17(23)6-7-20(18)24-21/h2-7,12-13H,8-11,14H2,1H3,(H,26,27). The van der Waals surface area contributed by atoms with Crippen LogP contribution in [-0.4, -0.2) is 42.8 Å². The van der Waals surface area contributed by atoms with Gasteiger partial charge < -0.3 is 5.11 Å². The van der Waals surface area contributed by atoms with E-state index in [2.05, 4.69) is 28.6 Å². The molecule has 4 nitrogen and oxygen atoms in total. The van der Waals surface area contributed by atoms with E-state index in [1.165, 1.54) is 55.0 Å². The van der Waals surface area contributed by atoms with Gasteiger partial charge in [-0.3, -0.25) is 4.90 Å². The zero-order valence-electron chi connectivity index (χ0n) is 15.8. The third kappa shape index (κ3) is 3.98. The number of hydrogen-bond acceptors (Lipinski definition) is 3. The largest absolute Gasteiger partial charge is 0.478 e. The van der Waals surface area contributed by atoms with Crippen molar-refractivity contribution in [3.8, 4) is 11.3 Å². The number of fused-ring (bicyclic) bond motifs is 1. The molecule has 1 radical (unpaired) electrons. The number of rotatable bonds is 4. The Morgan fingerprint density at radius 1 is 1.14 bits per heavy atom. The van der Waals surface area contributed by atoms with E-state index in [1.807, 2.05) is 12.1 Å². The molecule has 6 heteroatoms. The molecule has 1 fully saturated rings. The van der Waals surface area contributed by atoms with Crippen molar-refractivity contribution >= 4 is 25.7 Å². The van der Waals surface area contributed by atoms with Gasteiger partial charge in [-0.15, -0.1) is 0 Å². The van der Waals surface area contributed by atoms with Crippen molar-refractivity contribution in [2.24, 2.45) is 0 Å². The summed E-state index contributed by atoms with van der Waals surface area (Å²) in [6.45, 7) is 5.71. The number of benzene rings is 2. The van der Waals surface area contributed by atoms with Crippen LogP contribution < -0.4 is 0 Å². The van der Waals surface area contributed by atoms with Gasteiger partial charge in [-0.05, 0) is 55.0 Å². The highest BCUT2D eigenvalue weighted by Crippen LogP contribution is 2.26.